The van der Waals surface area contributed by atoms with Crippen LogP contribution in [-0.2, 0) is 18.3 Å². The smallest absolute Gasteiger partial charge is 0.228 e. The Kier molecular flexibility index (Phi) is 5.33. The summed E-state index contributed by atoms with van der Waals surface area (Å²) in [6, 6.07) is 3.39. The molecule has 1 aromatic heterocycles. The van der Waals surface area contributed by atoms with Gasteiger partial charge in [0.25, 0.3) is 0 Å². The lowest BCUT2D eigenvalue weighted by atomic mass is 10.1. The number of aromatic nitrogens is 2. The number of anilines is 1. The zero-order valence-electron chi connectivity index (χ0n) is 14.9. The second-order valence-electron chi connectivity index (χ2n) is 5.41. The quantitative estimate of drug-likeness (QED) is 0.877. The number of benzene rings is 1. The molecule has 0 saturated heterocycles. The molecule has 1 N–H and O–H groups in total. The molecule has 0 spiro atoms. The van der Waals surface area contributed by atoms with Gasteiger partial charge in [-0.15, -0.1) is 0 Å². The van der Waals surface area contributed by atoms with E-state index >= 15 is 0 Å². The SMILES string of the molecule is COc1cc(NC(=O)Cc2c(C)nn(C)c2C)cc(OC)c1OC. The van der Waals surface area contributed by atoms with E-state index in [1.165, 1.54) is 21.3 Å². The van der Waals surface area contributed by atoms with Gasteiger partial charge in [0.1, 0.15) is 0 Å². The van der Waals surface area contributed by atoms with Gasteiger partial charge in [-0.2, -0.15) is 5.10 Å². The number of carbonyl (C=O) groups is 1. The first-order chi connectivity index (χ1) is 11.4. The second kappa shape index (κ2) is 7.25. The predicted octanol–water partition coefficient (Wildman–Crippen LogP) is 2.24. The number of ether oxygens (including phenoxy) is 3. The lowest BCUT2D eigenvalue weighted by molar-refractivity contribution is -0.115. The van der Waals surface area contributed by atoms with E-state index in [2.05, 4.69) is 10.4 Å². The number of nitrogens with one attached hydrogen (secondary N) is 1. The molecule has 2 rings (SSSR count). The molecule has 7 nitrogen and oxygen atoms in total. The molecule has 0 saturated carbocycles. The van der Waals surface area contributed by atoms with Gasteiger partial charge in [0, 0.05) is 36.1 Å². The number of hydrogen-bond donors (Lipinski definition) is 1. The van der Waals surface area contributed by atoms with Crippen LogP contribution in [0.4, 0.5) is 5.69 Å². The highest BCUT2D eigenvalue weighted by molar-refractivity contribution is 5.93. The monoisotopic (exact) mass is 333 g/mol. The van der Waals surface area contributed by atoms with Gasteiger partial charge in [0.2, 0.25) is 11.7 Å². The molecule has 1 amide bonds. The number of amides is 1. The average molecular weight is 333 g/mol. The minimum Gasteiger partial charge on any atom is -0.493 e. The Bertz CT molecular complexity index is 728. The molecule has 1 heterocycles. The Morgan fingerprint density at radius 1 is 1.12 bits per heavy atom. The maximum Gasteiger partial charge on any atom is 0.228 e. The molecule has 0 aliphatic carbocycles. The van der Waals surface area contributed by atoms with Crippen molar-refractivity contribution in [2.45, 2.75) is 20.3 Å². The van der Waals surface area contributed by atoms with E-state index in [1.807, 2.05) is 20.9 Å². The van der Waals surface area contributed by atoms with Gasteiger partial charge in [-0.3, -0.25) is 9.48 Å². The first-order valence-corrected chi connectivity index (χ1v) is 7.50. The number of nitrogens with zero attached hydrogens (tertiary/aromatic N) is 2. The van der Waals surface area contributed by atoms with Crippen LogP contribution in [0.5, 0.6) is 17.2 Å². The van der Waals surface area contributed by atoms with Gasteiger partial charge in [-0.1, -0.05) is 0 Å². The summed E-state index contributed by atoms with van der Waals surface area (Å²) < 4.78 is 17.6. The zero-order valence-corrected chi connectivity index (χ0v) is 14.9. The fourth-order valence-corrected chi connectivity index (χ4v) is 2.59. The minimum atomic E-state index is -0.136. The molecule has 1 aromatic carbocycles. The van der Waals surface area contributed by atoms with Crippen LogP contribution in [0.3, 0.4) is 0 Å². The van der Waals surface area contributed by atoms with E-state index in [4.69, 9.17) is 14.2 Å². The molecular weight excluding hydrogens is 310 g/mol. The average Bonchev–Trinajstić information content (AvgIpc) is 2.80. The van der Waals surface area contributed by atoms with E-state index in [1.54, 1.807) is 16.8 Å². The zero-order chi connectivity index (χ0) is 17.9. The van der Waals surface area contributed by atoms with Crippen LogP contribution in [0.25, 0.3) is 0 Å². The number of hydrogen-bond acceptors (Lipinski definition) is 5. The first kappa shape index (κ1) is 17.7. The van der Waals surface area contributed by atoms with E-state index in [9.17, 15) is 4.79 Å². The van der Waals surface area contributed by atoms with Crippen molar-refractivity contribution in [2.75, 3.05) is 26.6 Å². The molecule has 0 radical (unpaired) electrons. The Hall–Kier alpha value is -2.70. The summed E-state index contributed by atoms with van der Waals surface area (Å²) in [7, 11) is 6.46. The number of methoxy groups -OCH3 is 3. The van der Waals surface area contributed by atoms with Crippen molar-refractivity contribution in [1.29, 1.82) is 0 Å². The van der Waals surface area contributed by atoms with E-state index in [0.29, 0.717) is 22.9 Å². The molecule has 24 heavy (non-hydrogen) atoms. The highest BCUT2D eigenvalue weighted by Crippen LogP contribution is 2.39. The van der Waals surface area contributed by atoms with Gasteiger partial charge in [-0.05, 0) is 13.8 Å². The third-order valence-corrected chi connectivity index (χ3v) is 3.94. The predicted molar refractivity (Wildman–Crippen MR) is 91.1 cm³/mol. The van der Waals surface area contributed by atoms with Crippen LogP contribution in [-0.4, -0.2) is 37.0 Å². The summed E-state index contributed by atoms with van der Waals surface area (Å²) >= 11 is 0. The van der Waals surface area contributed by atoms with Gasteiger partial charge in [-0.25, -0.2) is 0 Å². The highest BCUT2D eigenvalue weighted by Gasteiger charge is 2.17. The van der Waals surface area contributed by atoms with E-state index in [-0.39, 0.29) is 12.3 Å². The molecule has 0 bridgehead atoms. The summed E-state index contributed by atoms with van der Waals surface area (Å²) in [4.78, 5) is 12.4. The van der Waals surface area contributed by atoms with E-state index in [0.717, 1.165) is 17.0 Å². The third-order valence-electron chi connectivity index (χ3n) is 3.94. The largest absolute Gasteiger partial charge is 0.493 e. The Labute approximate surface area is 141 Å². The Morgan fingerprint density at radius 3 is 2.12 bits per heavy atom. The third kappa shape index (κ3) is 3.45. The van der Waals surface area contributed by atoms with Crippen molar-refractivity contribution in [3.63, 3.8) is 0 Å². The van der Waals surface area contributed by atoms with Gasteiger partial charge in [0.15, 0.2) is 11.5 Å². The summed E-state index contributed by atoms with van der Waals surface area (Å²) in [5.74, 6) is 1.32. The van der Waals surface area contributed by atoms with Crippen molar-refractivity contribution in [3.8, 4) is 17.2 Å². The lowest BCUT2D eigenvalue weighted by Crippen LogP contribution is -2.15. The molecule has 2 aromatic rings. The van der Waals surface area contributed by atoms with Crippen LogP contribution in [0, 0.1) is 13.8 Å². The van der Waals surface area contributed by atoms with Crippen LogP contribution in [0.2, 0.25) is 0 Å². The maximum absolute atomic E-state index is 12.4. The van der Waals surface area contributed by atoms with Crippen LogP contribution < -0.4 is 19.5 Å². The van der Waals surface area contributed by atoms with Gasteiger partial charge < -0.3 is 19.5 Å². The Morgan fingerprint density at radius 2 is 1.71 bits per heavy atom. The summed E-state index contributed by atoms with van der Waals surface area (Å²) in [5.41, 5.74) is 3.35. The highest BCUT2D eigenvalue weighted by atomic mass is 16.5. The van der Waals surface area contributed by atoms with Crippen molar-refractivity contribution >= 4 is 11.6 Å². The van der Waals surface area contributed by atoms with Gasteiger partial charge >= 0.3 is 0 Å². The summed E-state index contributed by atoms with van der Waals surface area (Å²) in [5, 5.41) is 7.19. The molecule has 7 heteroatoms. The molecule has 0 atom stereocenters. The topological polar surface area (TPSA) is 74.6 Å². The molecule has 0 fully saturated rings. The molecular formula is C17H23N3O4. The van der Waals surface area contributed by atoms with Crippen molar-refractivity contribution in [1.82, 2.24) is 9.78 Å². The van der Waals surface area contributed by atoms with Crippen LogP contribution in [0.1, 0.15) is 17.0 Å². The van der Waals surface area contributed by atoms with Crippen molar-refractivity contribution < 1.29 is 19.0 Å². The lowest BCUT2D eigenvalue weighted by Gasteiger charge is -2.14. The number of aryl methyl sites for hydroxylation is 2. The van der Waals surface area contributed by atoms with Crippen LogP contribution >= 0.6 is 0 Å². The Balaban J connectivity index is 2.22. The first-order valence-electron chi connectivity index (χ1n) is 7.50. The fourth-order valence-electron chi connectivity index (χ4n) is 2.59. The standard InChI is InChI=1S/C17H23N3O4/c1-10-13(11(2)20(3)19-10)9-16(21)18-12-7-14(22-4)17(24-6)15(8-12)23-5/h7-8H,9H2,1-6H3,(H,18,21). The summed E-state index contributed by atoms with van der Waals surface area (Å²) in [6.07, 6.45) is 0.252. The second-order valence-corrected chi connectivity index (χ2v) is 5.41. The molecule has 0 aliphatic heterocycles. The van der Waals surface area contributed by atoms with Crippen LogP contribution in [0.15, 0.2) is 12.1 Å². The normalized spacial score (nSPS) is 10.4. The fraction of sp³-hybridized carbons (Fsp3) is 0.412. The molecule has 0 unspecified atom stereocenters. The summed E-state index contributed by atoms with van der Waals surface area (Å²) in [6.45, 7) is 3.84. The minimum absolute atomic E-state index is 0.136. The van der Waals surface area contributed by atoms with Crippen molar-refractivity contribution in [3.05, 3.63) is 29.1 Å². The van der Waals surface area contributed by atoms with E-state index < -0.39 is 0 Å². The maximum atomic E-state index is 12.4. The molecule has 0 aliphatic rings. The molecule has 130 valence electrons. The number of rotatable bonds is 6. The number of carbonyl (C=O) groups excluding carboxylic acids is 1. The van der Waals surface area contributed by atoms with Crippen molar-refractivity contribution in [2.24, 2.45) is 7.05 Å². The van der Waals surface area contributed by atoms with Gasteiger partial charge in [0.05, 0.1) is 33.4 Å².